The Morgan fingerprint density at radius 2 is 2.14 bits per heavy atom. The smallest absolute Gasteiger partial charge is 0.267 e. The van der Waals surface area contributed by atoms with Crippen molar-refractivity contribution in [2.24, 2.45) is 0 Å². The van der Waals surface area contributed by atoms with Gasteiger partial charge in [0.05, 0.1) is 7.11 Å². The Balaban J connectivity index is 0.00000161. The molecule has 3 heterocycles. The summed E-state index contributed by atoms with van der Waals surface area (Å²) < 4.78 is 5.25. The molecule has 1 aromatic heterocycles. The monoisotopic (exact) mass is 331 g/mol. The molecule has 1 atom stereocenters. The Morgan fingerprint density at radius 3 is 2.86 bits per heavy atom. The first-order valence-corrected chi connectivity index (χ1v) is 8.03. The first kappa shape index (κ1) is 16.5. The van der Waals surface area contributed by atoms with E-state index in [-0.39, 0.29) is 18.3 Å². The first-order valence-electron chi connectivity index (χ1n) is 7.15. The molecule has 21 heavy (non-hydrogen) atoms. The fraction of sp³-hybridized carbons (Fsp3) is 0.643. The van der Waals surface area contributed by atoms with Crippen LogP contribution in [0.3, 0.4) is 0 Å². The van der Waals surface area contributed by atoms with Gasteiger partial charge in [-0.25, -0.2) is 0 Å². The molecule has 2 aliphatic rings. The van der Waals surface area contributed by atoms with Crippen LogP contribution < -0.4 is 10.1 Å². The lowest BCUT2D eigenvalue weighted by molar-refractivity contribution is 0.0775. The molecular formula is C14H22ClN3O2S. The summed E-state index contributed by atoms with van der Waals surface area (Å²) in [5.74, 6) is 0.820. The molecule has 0 spiro atoms. The molecule has 0 aromatic carbocycles. The van der Waals surface area contributed by atoms with E-state index in [0.717, 1.165) is 50.6 Å². The van der Waals surface area contributed by atoms with Crippen molar-refractivity contribution in [2.45, 2.75) is 12.5 Å². The molecule has 2 aliphatic heterocycles. The Labute approximate surface area is 135 Å². The van der Waals surface area contributed by atoms with Gasteiger partial charge in [-0.15, -0.1) is 23.7 Å². The highest BCUT2D eigenvalue weighted by atomic mass is 35.5. The zero-order chi connectivity index (χ0) is 13.9. The van der Waals surface area contributed by atoms with E-state index >= 15 is 0 Å². The molecule has 1 N–H and O–H groups in total. The van der Waals surface area contributed by atoms with Crippen molar-refractivity contribution >= 4 is 29.7 Å². The molecule has 3 rings (SSSR count). The van der Waals surface area contributed by atoms with Crippen molar-refractivity contribution in [3.05, 3.63) is 16.3 Å². The summed E-state index contributed by atoms with van der Waals surface area (Å²) in [6, 6.07) is 2.38. The zero-order valence-electron chi connectivity index (χ0n) is 12.2. The average molecular weight is 332 g/mol. The van der Waals surface area contributed by atoms with E-state index in [4.69, 9.17) is 4.74 Å². The predicted octanol–water partition coefficient (Wildman–Crippen LogP) is 1.30. The molecule has 2 fully saturated rings. The van der Waals surface area contributed by atoms with Gasteiger partial charge < -0.3 is 15.0 Å². The summed E-state index contributed by atoms with van der Waals surface area (Å²) in [5.41, 5.74) is 0. The van der Waals surface area contributed by atoms with Crippen LogP contribution in [0, 0.1) is 0 Å². The minimum absolute atomic E-state index is 0. The number of methoxy groups -OCH3 is 1. The second-order valence-electron chi connectivity index (χ2n) is 5.30. The summed E-state index contributed by atoms with van der Waals surface area (Å²) >= 11 is 1.47. The first-order chi connectivity index (χ1) is 9.79. The molecule has 2 saturated heterocycles. The lowest BCUT2D eigenvalue weighted by atomic mass is 10.2. The van der Waals surface area contributed by atoms with Gasteiger partial charge in [0, 0.05) is 45.3 Å². The molecule has 7 heteroatoms. The fourth-order valence-corrected chi connectivity index (χ4v) is 3.85. The van der Waals surface area contributed by atoms with Crippen LogP contribution >= 0.6 is 23.7 Å². The minimum atomic E-state index is 0. The van der Waals surface area contributed by atoms with Gasteiger partial charge in [0.25, 0.3) is 5.91 Å². The fourth-order valence-electron chi connectivity index (χ4n) is 3.03. The largest absolute Gasteiger partial charge is 0.495 e. The van der Waals surface area contributed by atoms with Crippen LogP contribution in [0.4, 0.5) is 0 Å². The highest BCUT2D eigenvalue weighted by Crippen LogP contribution is 2.28. The van der Waals surface area contributed by atoms with Crippen molar-refractivity contribution in [2.75, 3.05) is 46.4 Å². The standard InChI is InChI=1S/C14H21N3O2S.ClH/c1-19-12-3-9-20-13(12)14(18)17-6-2-11(10-17)16-7-4-15-5-8-16;/h3,9,11,15H,2,4-8,10H2,1H3;1H. The molecular weight excluding hydrogens is 310 g/mol. The number of nitrogens with zero attached hydrogens (tertiary/aromatic N) is 2. The third-order valence-electron chi connectivity index (χ3n) is 4.16. The number of rotatable bonds is 3. The summed E-state index contributed by atoms with van der Waals surface area (Å²) in [6.45, 7) is 6.00. The number of hydrogen-bond acceptors (Lipinski definition) is 5. The Hall–Kier alpha value is -0.820. The van der Waals surface area contributed by atoms with Crippen LogP contribution in [0.5, 0.6) is 5.75 Å². The molecule has 5 nitrogen and oxygen atoms in total. The van der Waals surface area contributed by atoms with Crippen LogP contribution in [0.2, 0.25) is 0 Å². The van der Waals surface area contributed by atoms with E-state index < -0.39 is 0 Å². The van der Waals surface area contributed by atoms with E-state index in [1.165, 1.54) is 11.3 Å². The number of likely N-dealkylation sites (tertiary alicyclic amines) is 1. The van der Waals surface area contributed by atoms with Gasteiger partial charge in [-0.3, -0.25) is 9.69 Å². The van der Waals surface area contributed by atoms with Gasteiger partial charge in [-0.2, -0.15) is 0 Å². The summed E-state index contributed by atoms with van der Waals surface area (Å²) in [5, 5.41) is 5.29. The minimum Gasteiger partial charge on any atom is -0.495 e. The van der Waals surface area contributed by atoms with Crippen LogP contribution in [0.15, 0.2) is 11.4 Å². The quantitative estimate of drug-likeness (QED) is 0.907. The van der Waals surface area contributed by atoms with E-state index in [0.29, 0.717) is 11.8 Å². The number of piperazine rings is 1. The molecule has 1 aromatic rings. The molecule has 0 aliphatic carbocycles. The summed E-state index contributed by atoms with van der Waals surface area (Å²) in [4.78, 5) is 17.8. The number of ether oxygens (including phenoxy) is 1. The number of nitrogens with one attached hydrogen (secondary N) is 1. The van der Waals surface area contributed by atoms with Crippen molar-refractivity contribution in [1.29, 1.82) is 0 Å². The third-order valence-corrected chi connectivity index (χ3v) is 5.05. The van der Waals surface area contributed by atoms with Crippen molar-refractivity contribution in [3.63, 3.8) is 0 Å². The lowest BCUT2D eigenvalue weighted by Crippen LogP contribution is -2.49. The van der Waals surface area contributed by atoms with Gasteiger partial charge in [0.2, 0.25) is 0 Å². The predicted molar refractivity (Wildman–Crippen MR) is 86.9 cm³/mol. The maximum absolute atomic E-state index is 12.5. The van der Waals surface area contributed by atoms with Crippen LogP contribution in [-0.4, -0.2) is 68.1 Å². The van der Waals surface area contributed by atoms with Crippen molar-refractivity contribution in [3.8, 4) is 5.75 Å². The third kappa shape index (κ3) is 3.51. The van der Waals surface area contributed by atoms with Gasteiger partial charge in [-0.05, 0) is 17.9 Å². The van der Waals surface area contributed by atoms with E-state index in [9.17, 15) is 4.79 Å². The van der Waals surface area contributed by atoms with E-state index in [2.05, 4.69) is 10.2 Å². The molecule has 118 valence electrons. The van der Waals surface area contributed by atoms with Gasteiger partial charge in [0.1, 0.15) is 10.6 Å². The summed E-state index contributed by atoms with van der Waals surface area (Å²) in [6.07, 6.45) is 1.08. The normalized spacial score (nSPS) is 22.9. The molecule has 1 amide bonds. The van der Waals surface area contributed by atoms with Crippen molar-refractivity contribution < 1.29 is 9.53 Å². The highest BCUT2D eigenvalue weighted by molar-refractivity contribution is 7.12. The number of carbonyl (C=O) groups excluding carboxylic acids is 1. The highest BCUT2D eigenvalue weighted by Gasteiger charge is 2.32. The maximum atomic E-state index is 12.5. The van der Waals surface area contributed by atoms with Crippen LogP contribution in [0.1, 0.15) is 16.1 Å². The van der Waals surface area contributed by atoms with Crippen LogP contribution in [0.25, 0.3) is 0 Å². The Bertz CT molecular complexity index is 477. The van der Waals surface area contributed by atoms with E-state index in [1.54, 1.807) is 7.11 Å². The topological polar surface area (TPSA) is 44.8 Å². The van der Waals surface area contributed by atoms with Gasteiger partial charge >= 0.3 is 0 Å². The zero-order valence-corrected chi connectivity index (χ0v) is 13.8. The SMILES string of the molecule is COc1ccsc1C(=O)N1CCC(N2CCNCC2)C1.Cl. The average Bonchev–Trinajstić information content (AvgIpc) is 3.16. The molecule has 0 saturated carbocycles. The van der Waals surface area contributed by atoms with Crippen molar-refractivity contribution in [1.82, 2.24) is 15.1 Å². The molecule has 0 radical (unpaired) electrons. The number of hydrogen-bond donors (Lipinski definition) is 1. The number of thiophene rings is 1. The molecule has 1 unspecified atom stereocenters. The number of carbonyl (C=O) groups is 1. The maximum Gasteiger partial charge on any atom is 0.267 e. The number of halogens is 1. The van der Waals surface area contributed by atoms with E-state index in [1.807, 2.05) is 16.3 Å². The van der Waals surface area contributed by atoms with Gasteiger partial charge in [-0.1, -0.05) is 0 Å². The lowest BCUT2D eigenvalue weighted by Gasteiger charge is -2.32. The molecule has 0 bridgehead atoms. The second-order valence-corrected chi connectivity index (χ2v) is 6.21. The Morgan fingerprint density at radius 1 is 1.38 bits per heavy atom. The van der Waals surface area contributed by atoms with Gasteiger partial charge in [0.15, 0.2) is 0 Å². The second kappa shape index (κ2) is 7.45. The van der Waals surface area contributed by atoms with Crippen LogP contribution in [-0.2, 0) is 0 Å². The summed E-state index contributed by atoms with van der Waals surface area (Å²) in [7, 11) is 1.62. The number of amides is 1. The Kier molecular flexibility index (Phi) is 5.87.